The zero-order valence-corrected chi connectivity index (χ0v) is 15.4. The highest BCUT2D eigenvalue weighted by Gasteiger charge is 2.34. The number of amides is 2. The third kappa shape index (κ3) is 5.95. The molecule has 2 aromatic rings. The molecule has 0 fully saturated rings. The first-order chi connectivity index (χ1) is 12.6. The molecule has 0 aliphatic heterocycles. The summed E-state index contributed by atoms with van der Waals surface area (Å²) in [7, 11) is 0. The van der Waals surface area contributed by atoms with E-state index in [1.807, 2.05) is 0 Å². The van der Waals surface area contributed by atoms with Crippen molar-refractivity contribution in [3.8, 4) is 5.75 Å². The maximum Gasteiger partial charge on any atom is 0.418 e. The third-order valence-corrected chi connectivity index (χ3v) is 3.67. The lowest BCUT2D eigenvalue weighted by Gasteiger charge is -2.16. The van der Waals surface area contributed by atoms with Crippen LogP contribution in [0.25, 0.3) is 0 Å². The summed E-state index contributed by atoms with van der Waals surface area (Å²) in [6.45, 7) is 0.463. The van der Waals surface area contributed by atoms with Gasteiger partial charge in [0.05, 0.1) is 11.3 Å². The van der Waals surface area contributed by atoms with Gasteiger partial charge in [-0.15, -0.1) is 0 Å². The van der Waals surface area contributed by atoms with Gasteiger partial charge in [-0.25, -0.2) is 4.39 Å². The molecule has 0 radical (unpaired) electrons. The van der Waals surface area contributed by atoms with Gasteiger partial charge in [0.2, 0.25) is 5.91 Å². The Morgan fingerprint density at radius 3 is 2.41 bits per heavy atom. The predicted octanol–water partition coefficient (Wildman–Crippen LogP) is 4.58. The van der Waals surface area contributed by atoms with Crippen LogP contribution >= 0.6 is 15.9 Å². The Labute approximate surface area is 159 Å². The van der Waals surface area contributed by atoms with Crippen molar-refractivity contribution < 1.29 is 31.9 Å². The van der Waals surface area contributed by atoms with Crippen LogP contribution in [0, 0.1) is 5.82 Å². The first kappa shape index (κ1) is 20.7. The summed E-state index contributed by atoms with van der Waals surface area (Å²) in [5.74, 6) is -2.39. The molecular formula is C17H13BrF4N2O3. The Morgan fingerprint density at radius 1 is 1.11 bits per heavy atom. The van der Waals surface area contributed by atoms with Crippen LogP contribution in [0.5, 0.6) is 5.75 Å². The van der Waals surface area contributed by atoms with Gasteiger partial charge in [0.25, 0.3) is 5.91 Å². The first-order valence-electron chi connectivity index (χ1n) is 7.43. The van der Waals surface area contributed by atoms with Gasteiger partial charge in [0, 0.05) is 17.1 Å². The number of halogens is 5. The molecule has 0 atom stereocenters. The fourth-order valence-electron chi connectivity index (χ4n) is 2.09. The molecule has 0 heterocycles. The number of carbonyl (C=O) groups is 2. The maximum absolute atomic E-state index is 13.6. The number of carbonyl (C=O) groups excluding carboxylic acids is 2. The lowest BCUT2D eigenvalue weighted by molar-refractivity contribution is -0.137. The van der Waals surface area contributed by atoms with Gasteiger partial charge in [0.1, 0.15) is 0 Å². The van der Waals surface area contributed by atoms with Crippen molar-refractivity contribution in [3.63, 3.8) is 0 Å². The molecule has 0 aliphatic rings. The topological polar surface area (TPSA) is 67.4 Å². The van der Waals surface area contributed by atoms with E-state index in [4.69, 9.17) is 4.74 Å². The van der Waals surface area contributed by atoms with Crippen LogP contribution in [0.2, 0.25) is 0 Å². The molecule has 0 bridgehead atoms. The van der Waals surface area contributed by atoms with Gasteiger partial charge in [-0.3, -0.25) is 9.59 Å². The molecule has 0 spiro atoms. The summed E-state index contributed by atoms with van der Waals surface area (Å²) in [5, 5.41) is 4.30. The standard InChI is InChI=1S/C17H13BrF4N2O3/c1-9(25)23-11-3-4-14(12(7-11)17(20,21)22)24-16(26)8-27-15-5-2-10(18)6-13(15)19/h2-7H,8H2,1H3,(H,23,25)(H,24,26). The molecule has 10 heteroatoms. The van der Waals surface area contributed by atoms with Crippen LogP contribution in [0.4, 0.5) is 28.9 Å². The average Bonchev–Trinajstić information content (AvgIpc) is 2.54. The minimum absolute atomic E-state index is 0.0685. The van der Waals surface area contributed by atoms with Gasteiger partial charge in [0.15, 0.2) is 18.2 Å². The molecule has 0 saturated heterocycles. The van der Waals surface area contributed by atoms with E-state index >= 15 is 0 Å². The number of nitrogens with one attached hydrogen (secondary N) is 2. The number of anilines is 2. The molecule has 0 aliphatic carbocycles. The van der Waals surface area contributed by atoms with Crippen molar-refractivity contribution in [2.24, 2.45) is 0 Å². The third-order valence-electron chi connectivity index (χ3n) is 3.17. The number of benzene rings is 2. The Kier molecular flexibility index (Phi) is 6.42. The van der Waals surface area contributed by atoms with Gasteiger partial charge in [-0.05, 0) is 36.4 Å². The minimum atomic E-state index is -4.77. The number of hydrogen-bond donors (Lipinski definition) is 2. The second kappa shape index (κ2) is 8.38. The Balaban J connectivity index is 2.13. The molecule has 27 heavy (non-hydrogen) atoms. The molecule has 0 saturated carbocycles. The number of hydrogen-bond acceptors (Lipinski definition) is 3. The summed E-state index contributed by atoms with van der Waals surface area (Å²) >= 11 is 3.06. The van der Waals surface area contributed by atoms with Gasteiger partial charge in [-0.1, -0.05) is 15.9 Å². The second-order valence-electron chi connectivity index (χ2n) is 5.35. The van der Waals surface area contributed by atoms with E-state index in [1.165, 1.54) is 18.2 Å². The van der Waals surface area contributed by atoms with E-state index in [-0.39, 0.29) is 11.4 Å². The van der Waals surface area contributed by atoms with E-state index in [2.05, 4.69) is 26.6 Å². The van der Waals surface area contributed by atoms with E-state index in [0.717, 1.165) is 19.1 Å². The number of ether oxygens (including phenoxy) is 1. The van der Waals surface area contributed by atoms with Crippen molar-refractivity contribution >= 4 is 39.1 Å². The molecule has 2 amide bonds. The first-order valence-corrected chi connectivity index (χ1v) is 8.22. The summed E-state index contributed by atoms with van der Waals surface area (Å²) < 4.78 is 58.7. The van der Waals surface area contributed by atoms with E-state index < -0.39 is 41.7 Å². The zero-order valence-electron chi connectivity index (χ0n) is 13.8. The van der Waals surface area contributed by atoms with Crippen molar-refractivity contribution in [1.82, 2.24) is 0 Å². The second-order valence-corrected chi connectivity index (χ2v) is 6.27. The largest absolute Gasteiger partial charge is 0.481 e. The average molecular weight is 449 g/mol. The number of rotatable bonds is 5. The quantitative estimate of drug-likeness (QED) is 0.657. The van der Waals surface area contributed by atoms with Crippen molar-refractivity contribution in [2.75, 3.05) is 17.2 Å². The molecule has 2 aromatic carbocycles. The molecular weight excluding hydrogens is 436 g/mol. The maximum atomic E-state index is 13.6. The molecule has 5 nitrogen and oxygen atoms in total. The Bertz CT molecular complexity index is 872. The van der Waals surface area contributed by atoms with Crippen LogP contribution in [-0.2, 0) is 15.8 Å². The summed E-state index contributed by atoms with van der Waals surface area (Å²) in [6, 6.07) is 6.80. The van der Waals surface area contributed by atoms with Crippen LogP contribution in [0.1, 0.15) is 12.5 Å². The predicted molar refractivity (Wildman–Crippen MR) is 94.0 cm³/mol. The molecule has 2 N–H and O–H groups in total. The molecule has 0 aromatic heterocycles. The number of alkyl halides is 3. The van der Waals surface area contributed by atoms with E-state index in [9.17, 15) is 27.2 Å². The van der Waals surface area contributed by atoms with Crippen LogP contribution in [0.3, 0.4) is 0 Å². The molecule has 144 valence electrons. The lowest BCUT2D eigenvalue weighted by Crippen LogP contribution is -2.22. The fraction of sp³-hybridized carbons (Fsp3) is 0.176. The summed E-state index contributed by atoms with van der Waals surface area (Å²) in [5.41, 5.74) is -1.72. The normalized spacial score (nSPS) is 11.0. The van der Waals surface area contributed by atoms with Gasteiger partial charge < -0.3 is 15.4 Å². The summed E-state index contributed by atoms with van der Waals surface area (Å²) in [4.78, 5) is 22.9. The Hall–Kier alpha value is -2.62. The monoisotopic (exact) mass is 448 g/mol. The smallest absolute Gasteiger partial charge is 0.418 e. The van der Waals surface area contributed by atoms with Crippen molar-refractivity contribution in [2.45, 2.75) is 13.1 Å². The van der Waals surface area contributed by atoms with Crippen LogP contribution in [-0.4, -0.2) is 18.4 Å². The van der Waals surface area contributed by atoms with E-state index in [1.54, 1.807) is 0 Å². The van der Waals surface area contributed by atoms with Crippen molar-refractivity contribution in [1.29, 1.82) is 0 Å². The Morgan fingerprint density at radius 2 is 1.81 bits per heavy atom. The fourth-order valence-corrected chi connectivity index (χ4v) is 2.42. The minimum Gasteiger partial charge on any atom is -0.481 e. The summed E-state index contributed by atoms with van der Waals surface area (Å²) in [6.07, 6.45) is -4.77. The highest BCUT2D eigenvalue weighted by Crippen LogP contribution is 2.36. The van der Waals surface area contributed by atoms with Crippen molar-refractivity contribution in [3.05, 3.63) is 52.3 Å². The highest BCUT2D eigenvalue weighted by molar-refractivity contribution is 9.10. The SMILES string of the molecule is CC(=O)Nc1ccc(NC(=O)COc2ccc(Br)cc2F)c(C(F)(F)F)c1. The van der Waals surface area contributed by atoms with Crippen LogP contribution in [0.15, 0.2) is 40.9 Å². The van der Waals surface area contributed by atoms with Gasteiger partial charge in [-0.2, -0.15) is 13.2 Å². The van der Waals surface area contributed by atoms with E-state index in [0.29, 0.717) is 10.5 Å². The highest BCUT2D eigenvalue weighted by atomic mass is 79.9. The lowest BCUT2D eigenvalue weighted by atomic mass is 10.1. The molecule has 2 rings (SSSR count). The zero-order chi connectivity index (χ0) is 20.2. The van der Waals surface area contributed by atoms with Crippen LogP contribution < -0.4 is 15.4 Å². The van der Waals surface area contributed by atoms with Gasteiger partial charge >= 0.3 is 6.18 Å². The molecule has 0 unspecified atom stereocenters.